The minimum atomic E-state index is 0. The molecule has 0 fully saturated rings. The number of quaternary nitrogens is 1. The van der Waals surface area contributed by atoms with E-state index in [4.69, 9.17) is 18.9 Å². The lowest BCUT2D eigenvalue weighted by Gasteiger charge is -2.12. The Balaban J connectivity index is 0.00000264. The number of methoxy groups -OCH3 is 2. The van der Waals surface area contributed by atoms with Gasteiger partial charge >= 0.3 is 0 Å². The average Bonchev–Trinajstić information content (AvgIpc) is 2.59. The van der Waals surface area contributed by atoms with Gasteiger partial charge in [-0.1, -0.05) is 0 Å². The lowest BCUT2D eigenvalue weighted by Crippen LogP contribution is -3.00. The van der Waals surface area contributed by atoms with E-state index in [2.05, 4.69) is 5.73 Å². The van der Waals surface area contributed by atoms with Crippen LogP contribution in [-0.2, 0) is 0 Å². The lowest BCUT2D eigenvalue weighted by atomic mass is 10.3. The Morgan fingerprint density at radius 2 is 1.00 bits per heavy atom. The fraction of sp³-hybridized carbons (Fsp3) is 0.294. The van der Waals surface area contributed by atoms with Crippen molar-refractivity contribution in [2.75, 3.05) is 27.4 Å². The summed E-state index contributed by atoms with van der Waals surface area (Å²) in [6, 6.07) is 15.0. The van der Waals surface area contributed by atoms with Crippen LogP contribution in [0.15, 0.2) is 48.5 Å². The first kappa shape index (κ1) is 18.9. The van der Waals surface area contributed by atoms with Gasteiger partial charge in [0.2, 0.25) is 0 Å². The van der Waals surface area contributed by atoms with E-state index in [0.29, 0.717) is 13.2 Å². The molecule has 0 radical (unpaired) electrons. The molecular formula is C17H22ClNO4. The average molecular weight is 340 g/mol. The van der Waals surface area contributed by atoms with Crippen molar-refractivity contribution in [3.05, 3.63) is 48.5 Å². The van der Waals surface area contributed by atoms with E-state index >= 15 is 0 Å². The van der Waals surface area contributed by atoms with Gasteiger partial charge in [0.25, 0.3) is 0 Å². The summed E-state index contributed by atoms with van der Waals surface area (Å²) in [5, 5.41) is 0. The Kier molecular flexibility index (Phi) is 8.08. The molecule has 23 heavy (non-hydrogen) atoms. The normalized spacial score (nSPS) is 9.91. The van der Waals surface area contributed by atoms with Crippen molar-refractivity contribution in [3.63, 3.8) is 0 Å². The predicted molar refractivity (Wildman–Crippen MR) is 83.7 cm³/mol. The van der Waals surface area contributed by atoms with E-state index in [9.17, 15) is 0 Å². The fourth-order valence-electron chi connectivity index (χ4n) is 1.82. The summed E-state index contributed by atoms with van der Waals surface area (Å²) < 4.78 is 21.6. The van der Waals surface area contributed by atoms with E-state index in [1.54, 1.807) is 14.2 Å². The number of rotatable bonds is 8. The topological polar surface area (TPSA) is 64.6 Å². The summed E-state index contributed by atoms with van der Waals surface area (Å²) >= 11 is 0. The molecule has 0 aliphatic rings. The molecule has 126 valence electrons. The largest absolute Gasteiger partial charge is 1.00 e. The second kappa shape index (κ2) is 9.82. The molecule has 0 saturated carbocycles. The van der Waals surface area contributed by atoms with Crippen molar-refractivity contribution in [2.45, 2.75) is 6.04 Å². The highest BCUT2D eigenvalue weighted by molar-refractivity contribution is 5.31. The molecule has 0 aromatic heterocycles. The molecule has 2 aromatic rings. The third kappa shape index (κ3) is 6.26. The SMILES string of the molecule is COc1ccc(OCC([NH3+])COc2ccc(OC)cc2)cc1.[Cl-]. The lowest BCUT2D eigenvalue weighted by molar-refractivity contribution is -0.427. The van der Waals surface area contributed by atoms with Crippen molar-refractivity contribution in [1.82, 2.24) is 0 Å². The zero-order chi connectivity index (χ0) is 15.8. The van der Waals surface area contributed by atoms with Crippen LogP contribution < -0.4 is 37.1 Å². The molecule has 0 saturated heterocycles. The van der Waals surface area contributed by atoms with Crippen LogP contribution in [0.4, 0.5) is 0 Å². The fourth-order valence-corrected chi connectivity index (χ4v) is 1.82. The second-order valence-corrected chi connectivity index (χ2v) is 4.84. The van der Waals surface area contributed by atoms with Crippen LogP contribution in [0.25, 0.3) is 0 Å². The molecule has 0 unspecified atom stereocenters. The molecule has 0 aliphatic heterocycles. The summed E-state index contributed by atoms with van der Waals surface area (Å²) in [5.74, 6) is 3.19. The molecule has 5 nitrogen and oxygen atoms in total. The molecular weight excluding hydrogens is 318 g/mol. The smallest absolute Gasteiger partial charge is 0.153 e. The summed E-state index contributed by atoms with van der Waals surface area (Å²) in [4.78, 5) is 0. The van der Waals surface area contributed by atoms with Crippen LogP contribution in [0.2, 0.25) is 0 Å². The van der Waals surface area contributed by atoms with E-state index in [-0.39, 0.29) is 18.4 Å². The highest BCUT2D eigenvalue weighted by atomic mass is 35.5. The van der Waals surface area contributed by atoms with E-state index in [0.717, 1.165) is 23.0 Å². The van der Waals surface area contributed by atoms with Gasteiger partial charge in [0, 0.05) is 0 Å². The maximum absolute atomic E-state index is 5.67. The number of hydrogen-bond acceptors (Lipinski definition) is 4. The first-order valence-corrected chi connectivity index (χ1v) is 7.08. The van der Waals surface area contributed by atoms with Gasteiger partial charge in [-0.3, -0.25) is 0 Å². The van der Waals surface area contributed by atoms with Gasteiger partial charge in [0.15, 0.2) is 6.04 Å². The van der Waals surface area contributed by atoms with Gasteiger partial charge in [0.1, 0.15) is 36.2 Å². The van der Waals surface area contributed by atoms with Crippen molar-refractivity contribution < 1.29 is 37.1 Å². The number of halogens is 1. The Morgan fingerprint density at radius 3 is 1.30 bits per heavy atom. The highest BCUT2D eigenvalue weighted by Gasteiger charge is 2.09. The zero-order valence-corrected chi connectivity index (χ0v) is 14.1. The van der Waals surface area contributed by atoms with Gasteiger partial charge in [0.05, 0.1) is 14.2 Å². The molecule has 2 rings (SSSR count). The Labute approximate surface area is 142 Å². The number of ether oxygens (including phenoxy) is 4. The molecule has 3 N–H and O–H groups in total. The summed E-state index contributed by atoms with van der Waals surface area (Å²) in [6.45, 7) is 0.977. The van der Waals surface area contributed by atoms with E-state index in [1.165, 1.54) is 0 Å². The first-order valence-electron chi connectivity index (χ1n) is 7.08. The maximum Gasteiger partial charge on any atom is 0.153 e. The molecule has 2 aromatic carbocycles. The summed E-state index contributed by atoms with van der Waals surface area (Å²) in [5.41, 5.74) is 4.04. The number of benzene rings is 2. The standard InChI is InChI=1S/C17H21NO4.ClH/c1-19-14-3-7-16(8-4-14)21-11-13(18)12-22-17-9-5-15(20-2)6-10-17;/h3-10,13H,11-12,18H2,1-2H3;1H. The number of hydrogen-bond donors (Lipinski definition) is 1. The van der Waals surface area contributed by atoms with Gasteiger partial charge in [-0.2, -0.15) is 0 Å². The molecule has 0 heterocycles. The molecule has 0 spiro atoms. The molecule has 0 bridgehead atoms. The van der Waals surface area contributed by atoms with Crippen LogP contribution in [0.3, 0.4) is 0 Å². The van der Waals surface area contributed by atoms with Crippen molar-refractivity contribution >= 4 is 0 Å². The summed E-state index contributed by atoms with van der Waals surface area (Å²) in [7, 11) is 3.27. The summed E-state index contributed by atoms with van der Waals surface area (Å²) in [6.07, 6.45) is 0. The minimum Gasteiger partial charge on any atom is -1.00 e. The van der Waals surface area contributed by atoms with Crippen molar-refractivity contribution in [2.24, 2.45) is 0 Å². The Morgan fingerprint density at radius 1 is 0.696 bits per heavy atom. The van der Waals surface area contributed by atoms with Crippen LogP contribution in [0.5, 0.6) is 23.0 Å². The van der Waals surface area contributed by atoms with Gasteiger partial charge in [-0.05, 0) is 48.5 Å². The van der Waals surface area contributed by atoms with Crippen molar-refractivity contribution in [3.8, 4) is 23.0 Å². The molecule has 0 amide bonds. The van der Waals surface area contributed by atoms with E-state index in [1.807, 2.05) is 48.5 Å². The Hall–Kier alpha value is -2.11. The zero-order valence-electron chi connectivity index (χ0n) is 13.3. The van der Waals surface area contributed by atoms with Crippen molar-refractivity contribution in [1.29, 1.82) is 0 Å². The monoisotopic (exact) mass is 339 g/mol. The van der Waals surface area contributed by atoms with Crippen LogP contribution in [0, 0.1) is 0 Å². The quantitative estimate of drug-likeness (QED) is 0.654. The van der Waals surface area contributed by atoms with Gasteiger partial charge < -0.3 is 37.1 Å². The van der Waals surface area contributed by atoms with Crippen LogP contribution in [0.1, 0.15) is 0 Å². The predicted octanol–water partition coefficient (Wildman–Crippen LogP) is -1.22. The van der Waals surface area contributed by atoms with Gasteiger partial charge in [-0.15, -0.1) is 0 Å². The molecule has 0 atom stereocenters. The minimum absolute atomic E-state index is 0. The Bertz CT molecular complexity index is 508. The molecule has 0 aliphatic carbocycles. The first-order chi connectivity index (χ1) is 10.7. The molecule has 6 heteroatoms. The van der Waals surface area contributed by atoms with E-state index < -0.39 is 0 Å². The maximum atomic E-state index is 5.67. The highest BCUT2D eigenvalue weighted by Crippen LogP contribution is 2.18. The third-order valence-electron chi connectivity index (χ3n) is 3.09. The second-order valence-electron chi connectivity index (χ2n) is 4.84. The third-order valence-corrected chi connectivity index (χ3v) is 3.09. The van der Waals surface area contributed by atoms with Gasteiger partial charge in [-0.25, -0.2) is 0 Å². The van der Waals surface area contributed by atoms with Crippen LogP contribution >= 0.6 is 0 Å². The van der Waals surface area contributed by atoms with Crippen LogP contribution in [-0.4, -0.2) is 33.5 Å².